The van der Waals surface area contributed by atoms with Crippen LogP contribution in [0.1, 0.15) is 0 Å². The minimum absolute atomic E-state index is 0.694. The first-order valence-electron chi connectivity index (χ1n) is 12.5. The topological polar surface area (TPSA) is 64.1 Å². The molecule has 0 amide bonds. The van der Waals surface area contributed by atoms with E-state index in [4.69, 9.17) is 11.5 Å². The standard InChI is InChI=1S/5C6H6.C4H13N3/c5*1-2-4-6-5-3-1;5-1-3-7-4-2-6/h5*1-6H;7H,1-6H2. The molecule has 0 aliphatic carbocycles. The molecule has 0 saturated heterocycles. The highest BCUT2D eigenvalue weighted by Gasteiger charge is 1.76. The summed E-state index contributed by atoms with van der Waals surface area (Å²) in [6.07, 6.45) is 0. The first kappa shape index (κ1) is 33.0. The summed E-state index contributed by atoms with van der Waals surface area (Å²) in [5.74, 6) is 0. The molecule has 0 aliphatic heterocycles. The van der Waals surface area contributed by atoms with E-state index >= 15 is 0 Å². The molecule has 0 saturated carbocycles. The molecular formula is C34H43N3. The molecule has 0 atom stereocenters. The monoisotopic (exact) mass is 493 g/mol. The summed E-state index contributed by atoms with van der Waals surface area (Å²) in [4.78, 5) is 0. The first-order valence-corrected chi connectivity index (χ1v) is 12.5. The molecule has 5 aromatic carbocycles. The predicted molar refractivity (Wildman–Crippen MR) is 163 cm³/mol. The molecule has 0 fully saturated rings. The smallest absolute Gasteiger partial charge is 0.00750 e. The van der Waals surface area contributed by atoms with E-state index in [2.05, 4.69) is 5.32 Å². The maximum absolute atomic E-state index is 5.17. The van der Waals surface area contributed by atoms with Gasteiger partial charge in [-0.1, -0.05) is 182 Å². The van der Waals surface area contributed by atoms with Crippen LogP contribution in [0.5, 0.6) is 0 Å². The lowest BCUT2D eigenvalue weighted by atomic mass is 10.4. The molecule has 0 bridgehead atoms. The van der Waals surface area contributed by atoms with Gasteiger partial charge in [-0.05, 0) is 0 Å². The number of nitrogens with one attached hydrogen (secondary N) is 1. The molecule has 0 radical (unpaired) electrons. The van der Waals surface area contributed by atoms with Gasteiger partial charge < -0.3 is 16.8 Å². The summed E-state index contributed by atoms with van der Waals surface area (Å²) >= 11 is 0. The zero-order valence-electron chi connectivity index (χ0n) is 21.8. The summed E-state index contributed by atoms with van der Waals surface area (Å²) in [6.45, 7) is 3.13. The lowest BCUT2D eigenvalue weighted by molar-refractivity contribution is 0.696. The lowest BCUT2D eigenvalue weighted by Gasteiger charge is -1.95. The van der Waals surface area contributed by atoms with Crippen LogP contribution >= 0.6 is 0 Å². The fourth-order valence-electron chi connectivity index (χ4n) is 2.25. The lowest BCUT2D eigenvalue weighted by Crippen LogP contribution is -2.27. The molecule has 5 N–H and O–H groups in total. The van der Waals surface area contributed by atoms with E-state index in [0.717, 1.165) is 13.1 Å². The van der Waals surface area contributed by atoms with Gasteiger partial charge in [0.15, 0.2) is 0 Å². The Morgan fingerprint density at radius 2 is 0.351 bits per heavy atom. The Kier molecular flexibility index (Phi) is 28.5. The summed E-state index contributed by atoms with van der Waals surface area (Å²) in [5.41, 5.74) is 10.3. The van der Waals surface area contributed by atoms with E-state index < -0.39 is 0 Å². The second-order valence-electron chi connectivity index (χ2n) is 7.10. The molecule has 3 nitrogen and oxygen atoms in total. The molecule has 0 heterocycles. The van der Waals surface area contributed by atoms with Crippen molar-refractivity contribution >= 4 is 0 Å². The zero-order chi connectivity index (χ0) is 26.7. The molecule has 5 rings (SSSR count). The van der Waals surface area contributed by atoms with Crippen LogP contribution in [0.3, 0.4) is 0 Å². The van der Waals surface area contributed by atoms with Crippen LogP contribution in [-0.2, 0) is 0 Å². The number of benzene rings is 5. The van der Waals surface area contributed by atoms with Crippen molar-refractivity contribution in [3.05, 3.63) is 182 Å². The van der Waals surface area contributed by atoms with E-state index in [0.29, 0.717) is 13.1 Å². The van der Waals surface area contributed by atoms with Crippen LogP contribution in [0.2, 0.25) is 0 Å². The quantitative estimate of drug-likeness (QED) is 0.238. The van der Waals surface area contributed by atoms with Crippen LogP contribution in [0.4, 0.5) is 0 Å². The number of hydrogen-bond donors (Lipinski definition) is 3. The minimum Gasteiger partial charge on any atom is -0.329 e. The molecule has 3 heteroatoms. The Bertz CT molecular complexity index is 632. The van der Waals surface area contributed by atoms with Crippen molar-refractivity contribution in [3.63, 3.8) is 0 Å². The van der Waals surface area contributed by atoms with Gasteiger partial charge in [-0.25, -0.2) is 0 Å². The second-order valence-corrected chi connectivity index (χ2v) is 7.10. The molecule has 194 valence electrons. The van der Waals surface area contributed by atoms with Gasteiger partial charge in [0.2, 0.25) is 0 Å². The van der Waals surface area contributed by atoms with Gasteiger partial charge in [0.05, 0.1) is 0 Å². The van der Waals surface area contributed by atoms with Crippen molar-refractivity contribution in [1.82, 2.24) is 5.32 Å². The normalized spacial score (nSPS) is 8.27. The Hall–Kier alpha value is -4.02. The molecular weight excluding hydrogens is 450 g/mol. The van der Waals surface area contributed by atoms with Gasteiger partial charge >= 0.3 is 0 Å². The van der Waals surface area contributed by atoms with E-state index in [9.17, 15) is 0 Å². The van der Waals surface area contributed by atoms with Crippen LogP contribution in [0, 0.1) is 0 Å². The van der Waals surface area contributed by atoms with Gasteiger partial charge in [0.25, 0.3) is 0 Å². The molecule has 0 aliphatic rings. The van der Waals surface area contributed by atoms with Crippen molar-refractivity contribution < 1.29 is 0 Å². The maximum atomic E-state index is 5.17. The molecule has 0 unspecified atom stereocenters. The molecule has 5 aromatic rings. The number of hydrogen-bond acceptors (Lipinski definition) is 3. The van der Waals surface area contributed by atoms with E-state index in [1.54, 1.807) is 0 Å². The van der Waals surface area contributed by atoms with Gasteiger partial charge in [-0.15, -0.1) is 0 Å². The number of nitrogens with two attached hydrogens (primary N) is 2. The van der Waals surface area contributed by atoms with Gasteiger partial charge in [0.1, 0.15) is 0 Å². The first-order chi connectivity index (χ1) is 18.4. The van der Waals surface area contributed by atoms with Crippen LogP contribution < -0.4 is 16.8 Å². The van der Waals surface area contributed by atoms with Gasteiger partial charge in [-0.2, -0.15) is 0 Å². The van der Waals surface area contributed by atoms with Gasteiger partial charge in [-0.3, -0.25) is 0 Å². The second kappa shape index (κ2) is 32.0. The fourth-order valence-corrected chi connectivity index (χ4v) is 2.25. The van der Waals surface area contributed by atoms with Crippen molar-refractivity contribution in [3.8, 4) is 0 Å². The molecule has 0 aromatic heterocycles. The molecule has 0 spiro atoms. The predicted octanol–water partition coefficient (Wildman–Crippen LogP) is 6.93. The third-order valence-electron chi connectivity index (χ3n) is 3.98. The van der Waals surface area contributed by atoms with Crippen LogP contribution in [0.25, 0.3) is 0 Å². The zero-order valence-corrected chi connectivity index (χ0v) is 21.8. The Balaban J connectivity index is 0.000000420. The van der Waals surface area contributed by atoms with Crippen molar-refractivity contribution in [2.24, 2.45) is 11.5 Å². The fraction of sp³-hybridized carbons (Fsp3) is 0.118. The van der Waals surface area contributed by atoms with E-state index in [1.165, 1.54) is 0 Å². The summed E-state index contributed by atoms with van der Waals surface area (Å²) in [6, 6.07) is 60.0. The van der Waals surface area contributed by atoms with Crippen LogP contribution in [-0.4, -0.2) is 26.2 Å². The Morgan fingerprint density at radius 1 is 0.243 bits per heavy atom. The van der Waals surface area contributed by atoms with Crippen molar-refractivity contribution in [1.29, 1.82) is 0 Å². The van der Waals surface area contributed by atoms with E-state index in [1.807, 2.05) is 182 Å². The summed E-state index contributed by atoms with van der Waals surface area (Å²) in [7, 11) is 0. The maximum Gasteiger partial charge on any atom is 0.00750 e. The average molecular weight is 494 g/mol. The largest absolute Gasteiger partial charge is 0.329 e. The number of rotatable bonds is 4. The van der Waals surface area contributed by atoms with Crippen molar-refractivity contribution in [2.45, 2.75) is 0 Å². The summed E-state index contributed by atoms with van der Waals surface area (Å²) in [5, 5.41) is 3.03. The van der Waals surface area contributed by atoms with Crippen molar-refractivity contribution in [2.75, 3.05) is 26.2 Å². The SMILES string of the molecule is NCCNCCN.c1ccccc1.c1ccccc1.c1ccccc1.c1ccccc1.c1ccccc1. The third kappa shape index (κ3) is 32.0. The average Bonchev–Trinajstić information content (AvgIpc) is 3.03. The minimum atomic E-state index is 0.694. The Labute approximate surface area is 224 Å². The summed E-state index contributed by atoms with van der Waals surface area (Å²) < 4.78 is 0. The molecule has 37 heavy (non-hydrogen) atoms. The van der Waals surface area contributed by atoms with Gasteiger partial charge in [0, 0.05) is 26.2 Å². The highest BCUT2D eigenvalue weighted by Crippen LogP contribution is 1.82. The highest BCUT2D eigenvalue weighted by atomic mass is 14.9. The Morgan fingerprint density at radius 3 is 0.432 bits per heavy atom. The van der Waals surface area contributed by atoms with Crippen LogP contribution in [0.15, 0.2) is 182 Å². The highest BCUT2D eigenvalue weighted by molar-refractivity contribution is 5.01. The van der Waals surface area contributed by atoms with E-state index in [-0.39, 0.29) is 0 Å². The third-order valence-corrected chi connectivity index (χ3v) is 3.98.